The Morgan fingerprint density at radius 2 is 0.746 bits per heavy atom. The molecule has 2 atom stereocenters. The van der Waals surface area contributed by atoms with Gasteiger partial charge in [-0.2, -0.15) is 0 Å². The summed E-state index contributed by atoms with van der Waals surface area (Å²) in [7, 11) is 0. The number of carbonyl (C=O) groups excluding carboxylic acids is 2. The summed E-state index contributed by atoms with van der Waals surface area (Å²) < 4.78 is 5.42. The van der Waals surface area contributed by atoms with Crippen molar-refractivity contribution >= 4 is 11.9 Å². The van der Waals surface area contributed by atoms with Crippen LogP contribution in [0.25, 0.3) is 0 Å². The SMILES string of the molecule is CCCCCCCC/C=C\CCCCCCCCCC(=O)OCC/C=C\C/C=C\CCCCCCCCCCCCCCCCC(=O)NC(CO)C(O)CCCCCCCCCCCCCC. The second-order valence-electron chi connectivity index (χ2n) is 20.3. The molecular weight excluding hydrogens is 827 g/mol. The first kappa shape index (κ1) is 65.1. The topological polar surface area (TPSA) is 95.9 Å². The average molecular weight is 943 g/mol. The molecule has 1 amide bonds. The normalized spacial score (nSPS) is 12.8. The van der Waals surface area contributed by atoms with Crippen molar-refractivity contribution in [2.45, 2.75) is 328 Å². The zero-order valence-corrected chi connectivity index (χ0v) is 44.9. The highest BCUT2D eigenvalue weighted by Gasteiger charge is 2.20. The largest absolute Gasteiger partial charge is 0.465 e. The molecule has 2 unspecified atom stereocenters. The molecule has 0 fully saturated rings. The molecule has 0 aromatic heterocycles. The number of aliphatic hydroxyl groups is 2. The molecule has 0 spiro atoms. The van der Waals surface area contributed by atoms with Crippen LogP contribution in [0, 0.1) is 0 Å². The highest BCUT2D eigenvalue weighted by molar-refractivity contribution is 5.76. The van der Waals surface area contributed by atoms with Crippen LogP contribution in [0.1, 0.15) is 316 Å². The molecule has 0 saturated carbocycles. The third-order valence-electron chi connectivity index (χ3n) is 13.7. The number of amides is 1. The maximum Gasteiger partial charge on any atom is 0.305 e. The van der Waals surface area contributed by atoms with Crippen LogP contribution < -0.4 is 5.32 Å². The van der Waals surface area contributed by atoms with Crippen LogP contribution in [0.3, 0.4) is 0 Å². The molecule has 0 bridgehead atoms. The third kappa shape index (κ3) is 53.3. The van der Waals surface area contributed by atoms with Gasteiger partial charge in [0.1, 0.15) is 0 Å². The lowest BCUT2D eigenvalue weighted by atomic mass is 10.0. The van der Waals surface area contributed by atoms with Crippen LogP contribution >= 0.6 is 0 Å². The van der Waals surface area contributed by atoms with Gasteiger partial charge < -0.3 is 20.3 Å². The predicted molar refractivity (Wildman–Crippen MR) is 292 cm³/mol. The van der Waals surface area contributed by atoms with Gasteiger partial charge in [-0.05, 0) is 70.6 Å². The van der Waals surface area contributed by atoms with Gasteiger partial charge in [0.05, 0.1) is 25.4 Å². The lowest BCUT2D eigenvalue weighted by Gasteiger charge is -2.22. The second kappa shape index (κ2) is 56.7. The Kier molecular flexibility index (Phi) is 55.0. The predicted octanol–water partition coefficient (Wildman–Crippen LogP) is 18.4. The van der Waals surface area contributed by atoms with Crippen LogP contribution in [-0.2, 0) is 14.3 Å². The number of nitrogens with one attached hydrogen (secondary N) is 1. The molecule has 0 saturated heterocycles. The summed E-state index contributed by atoms with van der Waals surface area (Å²) in [6.45, 7) is 4.84. The quantitative estimate of drug-likeness (QED) is 0.0321. The van der Waals surface area contributed by atoms with E-state index in [1.54, 1.807) is 0 Å². The van der Waals surface area contributed by atoms with E-state index >= 15 is 0 Å². The van der Waals surface area contributed by atoms with Crippen molar-refractivity contribution in [1.29, 1.82) is 0 Å². The molecule has 6 nitrogen and oxygen atoms in total. The zero-order chi connectivity index (χ0) is 48.6. The van der Waals surface area contributed by atoms with Crippen LogP contribution in [-0.4, -0.2) is 47.4 Å². The van der Waals surface area contributed by atoms with Gasteiger partial charge >= 0.3 is 5.97 Å². The molecule has 0 aliphatic rings. The Balaban J connectivity index is 3.44. The highest BCUT2D eigenvalue weighted by atomic mass is 16.5. The van der Waals surface area contributed by atoms with Gasteiger partial charge in [0.2, 0.25) is 5.91 Å². The van der Waals surface area contributed by atoms with Crippen LogP contribution in [0.5, 0.6) is 0 Å². The van der Waals surface area contributed by atoms with Gasteiger partial charge in [0, 0.05) is 12.8 Å². The van der Waals surface area contributed by atoms with E-state index in [0.717, 1.165) is 51.4 Å². The summed E-state index contributed by atoms with van der Waals surface area (Å²) in [5.74, 6) is -0.0787. The number of hydrogen-bond donors (Lipinski definition) is 3. The van der Waals surface area contributed by atoms with E-state index in [-0.39, 0.29) is 18.5 Å². The minimum Gasteiger partial charge on any atom is -0.465 e. The van der Waals surface area contributed by atoms with Crippen molar-refractivity contribution in [3.05, 3.63) is 36.5 Å². The minimum atomic E-state index is -0.667. The summed E-state index contributed by atoms with van der Waals surface area (Å²) in [5, 5.41) is 23.2. The standard InChI is InChI=1S/C61H115NO5/c1-3-5-7-9-11-13-15-17-18-24-28-31-35-39-43-47-51-55-61(66)67-56-52-48-44-40-36-32-29-26-23-21-19-20-22-25-27-30-34-38-42-46-50-54-60(65)62-58(57-63)59(64)53-49-45-41-37-33-16-14-12-10-8-6-4-2/h17-18,32,36,44,48,58-59,63-64H,3-16,19-31,33-35,37-43,45-47,49-57H2,1-2H3,(H,62,65)/b18-17-,36-32-,48-44-. The number of aliphatic hydroxyl groups excluding tert-OH is 2. The molecular formula is C61H115NO5. The summed E-state index contributed by atoms with van der Waals surface area (Å²) in [4.78, 5) is 24.5. The molecule has 0 aliphatic heterocycles. The summed E-state index contributed by atoms with van der Waals surface area (Å²) in [6.07, 6.45) is 70.2. The summed E-state index contributed by atoms with van der Waals surface area (Å²) in [6, 6.07) is -0.545. The molecule has 6 heteroatoms. The van der Waals surface area contributed by atoms with E-state index in [0.29, 0.717) is 25.9 Å². The summed E-state index contributed by atoms with van der Waals surface area (Å²) in [5.41, 5.74) is 0. The Morgan fingerprint density at radius 3 is 1.15 bits per heavy atom. The zero-order valence-electron chi connectivity index (χ0n) is 44.9. The lowest BCUT2D eigenvalue weighted by molar-refractivity contribution is -0.143. The number of carbonyl (C=O) groups is 2. The first-order valence-electron chi connectivity index (χ1n) is 29.7. The van der Waals surface area contributed by atoms with Crippen molar-refractivity contribution in [1.82, 2.24) is 5.32 Å². The van der Waals surface area contributed by atoms with Crippen molar-refractivity contribution in [3.63, 3.8) is 0 Å². The Morgan fingerprint density at radius 1 is 0.418 bits per heavy atom. The minimum absolute atomic E-state index is 0.0386. The third-order valence-corrected chi connectivity index (χ3v) is 13.7. The Labute approximate surface area is 417 Å². The molecule has 67 heavy (non-hydrogen) atoms. The summed E-state index contributed by atoms with van der Waals surface area (Å²) >= 11 is 0. The molecule has 0 rings (SSSR count). The van der Waals surface area contributed by atoms with Gasteiger partial charge in [0.15, 0.2) is 0 Å². The molecule has 0 aromatic carbocycles. The van der Waals surface area contributed by atoms with E-state index < -0.39 is 12.1 Å². The average Bonchev–Trinajstić information content (AvgIpc) is 3.33. The van der Waals surface area contributed by atoms with Crippen molar-refractivity contribution in [3.8, 4) is 0 Å². The van der Waals surface area contributed by atoms with E-state index in [1.165, 1.54) is 231 Å². The molecule has 394 valence electrons. The van der Waals surface area contributed by atoms with E-state index in [4.69, 9.17) is 4.74 Å². The number of esters is 1. The van der Waals surface area contributed by atoms with E-state index in [9.17, 15) is 19.8 Å². The first-order chi connectivity index (χ1) is 33.0. The monoisotopic (exact) mass is 942 g/mol. The molecule has 3 N–H and O–H groups in total. The first-order valence-corrected chi connectivity index (χ1v) is 29.7. The maximum absolute atomic E-state index is 12.4. The van der Waals surface area contributed by atoms with Crippen LogP contribution in [0.4, 0.5) is 0 Å². The Hall–Kier alpha value is -1.92. The molecule has 0 radical (unpaired) electrons. The van der Waals surface area contributed by atoms with Gasteiger partial charge in [-0.15, -0.1) is 0 Å². The number of allylic oxidation sites excluding steroid dienone is 5. The van der Waals surface area contributed by atoms with Gasteiger partial charge in [-0.1, -0.05) is 269 Å². The molecule has 0 heterocycles. The fourth-order valence-corrected chi connectivity index (χ4v) is 9.12. The van der Waals surface area contributed by atoms with E-state index in [1.807, 2.05) is 0 Å². The molecule has 0 aliphatic carbocycles. The number of ether oxygens (including phenoxy) is 1. The maximum atomic E-state index is 12.4. The van der Waals surface area contributed by atoms with E-state index in [2.05, 4.69) is 55.6 Å². The van der Waals surface area contributed by atoms with Gasteiger partial charge in [0.25, 0.3) is 0 Å². The van der Waals surface area contributed by atoms with Crippen LogP contribution in [0.2, 0.25) is 0 Å². The van der Waals surface area contributed by atoms with Crippen molar-refractivity contribution in [2.24, 2.45) is 0 Å². The smallest absolute Gasteiger partial charge is 0.305 e. The Bertz CT molecular complexity index is 1090. The van der Waals surface area contributed by atoms with Gasteiger partial charge in [-0.3, -0.25) is 9.59 Å². The number of unbranched alkanes of at least 4 members (excludes halogenated alkanes) is 38. The van der Waals surface area contributed by atoms with Crippen molar-refractivity contribution in [2.75, 3.05) is 13.2 Å². The van der Waals surface area contributed by atoms with Gasteiger partial charge in [-0.25, -0.2) is 0 Å². The second-order valence-corrected chi connectivity index (χ2v) is 20.3. The number of hydrogen-bond acceptors (Lipinski definition) is 5. The van der Waals surface area contributed by atoms with Crippen LogP contribution in [0.15, 0.2) is 36.5 Å². The van der Waals surface area contributed by atoms with Crippen molar-refractivity contribution < 1.29 is 24.5 Å². The molecule has 0 aromatic rings. The number of rotatable bonds is 55. The highest BCUT2D eigenvalue weighted by Crippen LogP contribution is 2.17. The fourth-order valence-electron chi connectivity index (χ4n) is 9.12. The fraction of sp³-hybridized carbons (Fsp3) is 0.869. The lowest BCUT2D eigenvalue weighted by Crippen LogP contribution is -2.45.